The highest BCUT2D eigenvalue weighted by Gasteiger charge is 2.21. The van der Waals surface area contributed by atoms with E-state index in [4.69, 9.17) is 21.4 Å². The van der Waals surface area contributed by atoms with E-state index < -0.39 is 12.1 Å². The van der Waals surface area contributed by atoms with E-state index in [2.05, 4.69) is 5.32 Å². The summed E-state index contributed by atoms with van der Waals surface area (Å²) in [6.07, 6.45) is -1.06. The second-order valence-corrected chi connectivity index (χ2v) is 5.02. The number of aliphatic carboxylic acids is 1. The Morgan fingerprint density at radius 3 is 2.43 bits per heavy atom. The largest absolute Gasteiger partial charge is 0.479 e. The first-order valence-electron chi connectivity index (χ1n) is 6.38. The van der Waals surface area contributed by atoms with Crippen LogP contribution in [0.2, 0.25) is 5.02 Å². The Morgan fingerprint density at radius 2 is 1.95 bits per heavy atom. The third kappa shape index (κ3) is 4.91. The minimum atomic E-state index is -1.12. The standard InChI is InChI=1S/C14H19ClN2O4/c1-9(10-4-6-11(15)7-5-10)17(2)14(20)16-8-12(21-3)13(18)19/h4-7,9,12H,8H2,1-3H3,(H,16,20)(H,18,19). The topological polar surface area (TPSA) is 78.9 Å². The number of hydrogen-bond acceptors (Lipinski definition) is 3. The van der Waals surface area contributed by atoms with Crippen molar-refractivity contribution < 1.29 is 19.4 Å². The summed E-state index contributed by atoms with van der Waals surface area (Å²) in [6.45, 7) is 1.77. The highest BCUT2D eigenvalue weighted by Crippen LogP contribution is 2.20. The van der Waals surface area contributed by atoms with Gasteiger partial charge < -0.3 is 20.1 Å². The number of ether oxygens (including phenoxy) is 1. The number of carbonyl (C=O) groups excluding carboxylic acids is 1. The average Bonchev–Trinajstić information content (AvgIpc) is 2.46. The molecule has 2 atom stereocenters. The van der Waals surface area contributed by atoms with E-state index >= 15 is 0 Å². The monoisotopic (exact) mass is 314 g/mol. The van der Waals surface area contributed by atoms with Crippen LogP contribution >= 0.6 is 11.6 Å². The molecule has 1 aromatic rings. The number of carboxylic acid groups (broad SMARTS) is 1. The number of halogens is 1. The van der Waals surface area contributed by atoms with Gasteiger partial charge >= 0.3 is 12.0 Å². The van der Waals surface area contributed by atoms with Crippen LogP contribution in [0.5, 0.6) is 0 Å². The Balaban J connectivity index is 2.61. The summed E-state index contributed by atoms with van der Waals surface area (Å²) in [7, 11) is 2.92. The van der Waals surface area contributed by atoms with Gasteiger partial charge in [0.05, 0.1) is 12.6 Å². The lowest BCUT2D eigenvalue weighted by Gasteiger charge is -2.26. The number of methoxy groups -OCH3 is 1. The van der Waals surface area contributed by atoms with Gasteiger partial charge in [0, 0.05) is 19.2 Å². The molecule has 7 heteroatoms. The molecule has 0 aliphatic heterocycles. The highest BCUT2D eigenvalue weighted by molar-refractivity contribution is 6.30. The maximum absolute atomic E-state index is 12.0. The van der Waals surface area contributed by atoms with Crippen molar-refractivity contribution in [1.82, 2.24) is 10.2 Å². The molecule has 1 aromatic carbocycles. The van der Waals surface area contributed by atoms with E-state index in [-0.39, 0.29) is 18.6 Å². The molecule has 2 unspecified atom stereocenters. The predicted octanol–water partition coefficient (Wildman–Crippen LogP) is 2.14. The van der Waals surface area contributed by atoms with Crippen molar-refractivity contribution in [2.45, 2.75) is 19.1 Å². The Morgan fingerprint density at radius 1 is 1.38 bits per heavy atom. The van der Waals surface area contributed by atoms with Crippen LogP contribution in [0.25, 0.3) is 0 Å². The molecule has 0 aliphatic rings. The van der Waals surface area contributed by atoms with Crippen molar-refractivity contribution in [1.29, 1.82) is 0 Å². The molecule has 2 amide bonds. The number of amides is 2. The molecule has 0 fully saturated rings. The van der Waals surface area contributed by atoms with Crippen LogP contribution in [0.15, 0.2) is 24.3 Å². The number of benzene rings is 1. The van der Waals surface area contributed by atoms with Crippen molar-refractivity contribution in [3.05, 3.63) is 34.9 Å². The van der Waals surface area contributed by atoms with Crippen molar-refractivity contribution in [3.63, 3.8) is 0 Å². The Labute approximate surface area is 128 Å². The minimum Gasteiger partial charge on any atom is -0.479 e. The van der Waals surface area contributed by atoms with Gasteiger partial charge in [-0.25, -0.2) is 9.59 Å². The highest BCUT2D eigenvalue weighted by atomic mass is 35.5. The van der Waals surface area contributed by atoms with Gasteiger partial charge in [0.2, 0.25) is 0 Å². The zero-order valence-corrected chi connectivity index (χ0v) is 12.9. The Bertz CT molecular complexity index is 492. The number of nitrogens with one attached hydrogen (secondary N) is 1. The summed E-state index contributed by atoms with van der Waals surface area (Å²) >= 11 is 5.83. The molecule has 116 valence electrons. The molecule has 1 rings (SSSR count). The fourth-order valence-corrected chi connectivity index (χ4v) is 1.84. The van der Waals surface area contributed by atoms with Crippen LogP contribution in [0.4, 0.5) is 4.79 Å². The van der Waals surface area contributed by atoms with Crippen LogP contribution < -0.4 is 5.32 Å². The van der Waals surface area contributed by atoms with Gasteiger partial charge in [0.15, 0.2) is 6.10 Å². The van der Waals surface area contributed by atoms with Gasteiger partial charge in [-0.1, -0.05) is 23.7 Å². The molecule has 0 aliphatic carbocycles. The number of hydrogen-bond donors (Lipinski definition) is 2. The van der Waals surface area contributed by atoms with Crippen molar-refractivity contribution in [2.75, 3.05) is 20.7 Å². The average molecular weight is 315 g/mol. The fraction of sp³-hybridized carbons (Fsp3) is 0.429. The van der Waals surface area contributed by atoms with Gasteiger partial charge in [-0.3, -0.25) is 0 Å². The molecule has 2 N–H and O–H groups in total. The maximum atomic E-state index is 12.0. The number of carboxylic acids is 1. The third-order valence-electron chi connectivity index (χ3n) is 3.25. The fourth-order valence-electron chi connectivity index (χ4n) is 1.72. The zero-order valence-electron chi connectivity index (χ0n) is 12.2. The lowest BCUT2D eigenvalue weighted by atomic mass is 10.1. The van der Waals surface area contributed by atoms with Crippen molar-refractivity contribution in [2.24, 2.45) is 0 Å². The van der Waals surface area contributed by atoms with Gasteiger partial charge in [0.1, 0.15) is 0 Å². The lowest BCUT2D eigenvalue weighted by molar-refractivity contribution is -0.148. The second kappa shape index (κ2) is 7.85. The molecular formula is C14H19ClN2O4. The molecule has 21 heavy (non-hydrogen) atoms. The van der Waals surface area contributed by atoms with Gasteiger partial charge in [-0.2, -0.15) is 0 Å². The summed E-state index contributed by atoms with van der Waals surface area (Å²) in [6, 6.07) is 6.64. The number of urea groups is 1. The lowest BCUT2D eigenvalue weighted by Crippen LogP contribution is -2.44. The third-order valence-corrected chi connectivity index (χ3v) is 3.50. The summed E-state index contributed by atoms with van der Waals surface area (Å²) < 4.78 is 4.75. The molecule has 0 aromatic heterocycles. The quantitative estimate of drug-likeness (QED) is 0.843. The van der Waals surface area contributed by atoms with Crippen LogP contribution in [0.1, 0.15) is 18.5 Å². The molecular weight excluding hydrogens is 296 g/mol. The van der Waals surface area contributed by atoms with E-state index in [1.807, 2.05) is 19.1 Å². The Hall–Kier alpha value is -1.79. The molecule has 0 radical (unpaired) electrons. The minimum absolute atomic E-state index is 0.0949. The van der Waals surface area contributed by atoms with E-state index in [9.17, 15) is 9.59 Å². The van der Waals surface area contributed by atoms with Crippen molar-refractivity contribution >= 4 is 23.6 Å². The first-order valence-corrected chi connectivity index (χ1v) is 6.76. The molecule has 6 nitrogen and oxygen atoms in total. The van der Waals surface area contributed by atoms with Crippen LogP contribution in [0.3, 0.4) is 0 Å². The van der Waals surface area contributed by atoms with E-state index in [1.165, 1.54) is 12.0 Å². The molecule has 0 saturated heterocycles. The van der Waals surface area contributed by atoms with E-state index in [0.717, 1.165) is 5.56 Å². The first kappa shape index (κ1) is 17.3. The molecule has 0 bridgehead atoms. The van der Waals surface area contributed by atoms with Gasteiger partial charge in [-0.05, 0) is 24.6 Å². The normalized spacial score (nSPS) is 13.3. The number of carbonyl (C=O) groups is 2. The smallest absolute Gasteiger partial charge is 0.334 e. The maximum Gasteiger partial charge on any atom is 0.334 e. The SMILES string of the molecule is COC(CNC(=O)N(C)C(C)c1ccc(Cl)cc1)C(=O)O. The van der Waals surface area contributed by atoms with E-state index in [1.54, 1.807) is 19.2 Å². The molecule has 0 heterocycles. The first-order chi connectivity index (χ1) is 9.86. The van der Waals surface area contributed by atoms with Gasteiger partial charge in [0.25, 0.3) is 0 Å². The summed E-state index contributed by atoms with van der Waals surface area (Å²) in [4.78, 5) is 24.3. The van der Waals surface area contributed by atoms with Crippen LogP contribution in [-0.4, -0.2) is 48.8 Å². The molecule has 0 saturated carbocycles. The number of rotatable bonds is 6. The van der Waals surface area contributed by atoms with E-state index in [0.29, 0.717) is 5.02 Å². The zero-order chi connectivity index (χ0) is 16.0. The number of nitrogens with zero attached hydrogens (tertiary/aromatic N) is 1. The second-order valence-electron chi connectivity index (χ2n) is 4.59. The predicted molar refractivity (Wildman–Crippen MR) is 79.5 cm³/mol. The summed E-state index contributed by atoms with van der Waals surface area (Å²) in [5.74, 6) is -1.12. The Kier molecular flexibility index (Phi) is 6.45. The van der Waals surface area contributed by atoms with Crippen LogP contribution in [0, 0.1) is 0 Å². The van der Waals surface area contributed by atoms with Crippen LogP contribution in [-0.2, 0) is 9.53 Å². The summed E-state index contributed by atoms with van der Waals surface area (Å²) in [5, 5.41) is 12.0. The van der Waals surface area contributed by atoms with Gasteiger partial charge in [-0.15, -0.1) is 0 Å². The molecule has 0 spiro atoms. The van der Waals surface area contributed by atoms with Crippen molar-refractivity contribution in [3.8, 4) is 0 Å². The summed E-state index contributed by atoms with van der Waals surface area (Å²) in [5.41, 5.74) is 0.929.